The number of allylic oxidation sites excluding steroid dienone is 2. The highest BCUT2D eigenvalue weighted by atomic mass is 16.7. The van der Waals surface area contributed by atoms with Gasteiger partial charge in [-0.3, -0.25) is 4.84 Å². The molecule has 0 bridgehead atoms. The maximum atomic E-state index is 5.94. The van der Waals surface area contributed by atoms with Crippen LogP contribution in [-0.4, -0.2) is 5.06 Å². The van der Waals surface area contributed by atoms with Gasteiger partial charge in [-0.2, -0.15) is 0 Å². The second kappa shape index (κ2) is 5.19. The van der Waals surface area contributed by atoms with Crippen molar-refractivity contribution in [1.29, 1.82) is 0 Å². The van der Waals surface area contributed by atoms with Crippen molar-refractivity contribution in [3.05, 3.63) is 60.4 Å². The minimum absolute atomic E-state index is 0.0165. The van der Waals surface area contributed by atoms with E-state index in [0.29, 0.717) is 0 Å². The summed E-state index contributed by atoms with van der Waals surface area (Å²) in [6.45, 7) is 10.1. The molecule has 0 saturated carbocycles. The molecule has 17 heavy (non-hydrogen) atoms. The fraction of sp³-hybridized carbons (Fsp3) is 0.333. The first-order valence-corrected chi connectivity index (χ1v) is 6.06. The lowest BCUT2D eigenvalue weighted by Crippen LogP contribution is -2.26. The van der Waals surface area contributed by atoms with Crippen LogP contribution in [0.15, 0.2) is 54.9 Å². The molecule has 2 rings (SSSR count). The van der Waals surface area contributed by atoms with Crippen LogP contribution in [0.25, 0.3) is 0 Å². The highest BCUT2D eigenvalue weighted by Gasteiger charge is 2.20. The van der Waals surface area contributed by atoms with E-state index in [0.717, 1.165) is 30.7 Å². The topological polar surface area (TPSA) is 12.5 Å². The third-order valence-electron chi connectivity index (χ3n) is 3.04. The average Bonchev–Trinajstić information content (AvgIpc) is 2.35. The van der Waals surface area contributed by atoms with Crippen LogP contribution >= 0.6 is 0 Å². The van der Waals surface area contributed by atoms with Crippen LogP contribution in [-0.2, 0) is 4.84 Å². The van der Waals surface area contributed by atoms with Crippen molar-refractivity contribution in [3.63, 3.8) is 0 Å². The van der Waals surface area contributed by atoms with Gasteiger partial charge in [0.2, 0.25) is 0 Å². The summed E-state index contributed by atoms with van der Waals surface area (Å²) in [5.74, 6) is 0. The van der Waals surface area contributed by atoms with Gasteiger partial charge in [-0.05, 0) is 31.7 Å². The van der Waals surface area contributed by atoms with Crippen molar-refractivity contribution in [2.45, 2.75) is 32.3 Å². The standard InChI is InChI=1S/C15H19NO/c1-12-8-7-9-13(2)16(12)17-14(3)15-10-5-4-6-11-15/h4-6,10-11,14H,1-2,7-9H2,3H3. The molecule has 2 heteroatoms. The van der Waals surface area contributed by atoms with E-state index in [4.69, 9.17) is 4.84 Å². The molecule has 1 heterocycles. The third-order valence-corrected chi connectivity index (χ3v) is 3.04. The van der Waals surface area contributed by atoms with E-state index in [9.17, 15) is 0 Å². The highest BCUT2D eigenvalue weighted by Crippen LogP contribution is 2.30. The zero-order valence-electron chi connectivity index (χ0n) is 10.4. The molecule has 90 valence electrons. The Balaban J connectivity index is 2.05. The number of hydroxylamine groups is 2. The van der Waals surface area contributed by atoms with Gasteiger partial charge < -0.3 is 0 Å². The van der Waals surface area contributed by atoms with Crippen molar-refractivity contribution in [3.8, 4) is 0 Å². The van der Waals surface area contributed by atoms with Gasteiger partial charge in [-0.15, -0.1) is 0 Å². The van der Waals surface area contributed by atoms with E-state index >= 15 is 0 Å². The maximum absolute atomic E-state index is 5.94. The molecule has 0 spiro atoms. The molecule has 1 unspecified atom stereocenters. The summed E-state index contributed by atoms with van der Waals surface area (Å²) in [7, 11) is 0. The Morgan fingerprint density at radius 1 is 1.12 bits per heavy atom. The number of hydrogen-bond donors (Lipinski definition) is 0. The molecule has 1 aromatic rings. The number of benzene rings is 1. The zero-order valence-corrected chi connectivity index (χ0v) is 10.4. The maximum Gasteiger partial charge on any atom is 0.108 e. The van der Waals surface area contributed by atoms with E-state index in [1.165, 1.54) is 5.56 Å². The summed E-state index contributed by atoms with van der Waals surface area (Å²) in [5, 5.41) is 1.81. The summed E-state index contributed by atoms with van der Waals surface area (Å²) in [6, 6.07) is 10.2. The Labute approximate surface area is 103 Å². The van der Waals surface area contributed by atoms with Crippen LogP contribution in [0.3, 0.4) is 0 Å². The first-order valence-electron chi connectivity index (χ1n) is 6.06. The lowest BCUT2D eigenvalue weighted by atomic mass is 10.1. The summed E-state index contributed by atoms with van der Waals surface area (Å²) >= 11 is 0. The highest BCUT2D eigenvalue weighted by molar-refractivity contribution is 5.17. The molecule has 1 aliphatic heterocycles. The van der Waals surface area contributed by atoms with Crippen molar-refractivity contribution in [2.24, 2.45) is 0 Å². The van der Waals surface area contributed by atoms with Crippen LogP contribution in [0.2, 0.25) is 0 Å². The summed E-state index contributed by atoms with van der Waals surface area (Å²) in [6.07, 6.45) is 3.11. The van der Waals surface area contributed by atoms with Gasteiger partial charge >= 0.3 is 0 Å². The normalized spacial score (nSPS) is 18.3. The van der Waals surface area contributed by atoms with E-state index in [1.54, 1.807) is 5.06 Å². The predicted octanol–water partition coefficient (Wildman–Crippen LogP) is 4.19. The van der Waals surface area contributed by atoms with Crippen LogP contribution in [0.5, 0.6) is 0 Å². The number of hydrogen-bond acceptors (Lipinski definition) is 2. The number of rotatable bonds is 3. The average molecular weight is 229 g/mol. The van der Waals surface area contributed by atoms with Crippen LogP contribution in [0, 0.1) is 0 Å². The monoisotopic (exact) mass is 229 g/mol. The molecule has 2 nitrogen and oxygen atoms in total. The van der Waals surface area contributed by atoms with Gasteiger partial charge in [0, 0.05) is 11.4 Å². The Morgan fingerprint density at radius 2 is 1.71 bits per heavy atom. The fourth-order valence-corrected chi connectivity index (χ4v) is 2.02. The summed E-state index contributed by atoms with van der Waals surface area (Å²) in [5.41, 5.74) is 3.17. The van der Waals surface area contributed by atoms with Crippen molar-refractivity contribution >= 4 is 0 Å². The predicted molar refractivity (Wildman–Crippen MR) is 69.9 cm³/mol. The van der Waals surface area contributed by atoms with Crippen LogP contribution < -0.4 is 0 Å². The first-order chi connectivity index (χ1) is 8.18. The largest absolute Gasteiger partial charge is 0.261 e. The van der Waals surface area contributed by atoms with Gasteiger partial charge in [-0.25, -0.2) is 5.06 Å². The molecule has 0 aliphatic carbocycles. The van der Waals surface area contributed by atoms with E-state index in [1.807, 2.05) is 25.1 Å². The van der Waals surface area contributed by atoms with Gasteiger partial charge in [0.05, 0.1) is 0 Å². The van der Waals surface area contributed by atoms with Gasteiger partial charge in [-0.1, -0.05) is 43.5 Å². The molecule has 1 atom stereocenters. The number of piperidine rings is 1. The molecule has 0 amide bonds. The van der Waals surface area contributed by atoms with E-state index in [-0.39, 0.29) is 6.10 Å². The molecule has 0 aromatic heterocycles. The Hall–Kier alpha value is -1.54. The smallest absolute Gasteiger partial charge is 0.108 e. The van der Waals surface area contributed by atoms with Crippen molar-refractivity contribution in [1.82, 2.24) is 5.06 Å². The Bertz CT molecular complexity index is 394. The second-order valence-corrected chi connectivity index (χ2v) is 4.44. The van der Waals surface area contributed by atoms with Gasteiger partial charge in [0.15, 0.2) is 0 Å². The quantitative estimate of drug-likeness (QED) is 0.770. The van der Waals surface area contributed by atoms with E-state index < -0.39 is 0 Å². The fourth-order valence-electron chi connectivity index (χ4n) is 2.02. The number of nitrogens with zero attached hydrogens (tertiary/aromatic N) is 1. The molecule has 0 radical (unpaired) electrons. The molecular formula is C15H19NO. The zero-order chi connectivity index (χ0) is 12.3. The lowest BCUT2D eigenvalue weighted by Gasteiger charge is -2.33. The SMILES string of the molecule is C=C1CCCC(=C)N1OC(C)c1ccccc1. The molecule has 1 aromatic carbocycles. The molecule has 1 aliphatic rings. The van der Waals surface area contributed by atoms with E-state index in [2.05, 4.69) is 25.3 Å². The van der Waals surface area contributed by atoms with Crippen LogP contribution in [0.4, 0.5) is 0 Å². The van der Waals surface area contributed by atoms with Crippen LogP contribution in [0.1, 0.15) is 37.9 Å². The van der Waals surface area contributed by atoms with Crippen molar-refractivity contribution in [2.75, 3.05) is 0 Å². The minimum Gasteiger partial charge on any atom is -0.261 e. The summed E-state index contributed by atoms with van der Waals surface area (Å²) in [4.78, 5) is 5.94. The van der Waals surface area contributed by atoms with Gasteiger partial charge in [0.1, 0.15) is 6.10 Å². The molecule has 1 fully saturated rings. The third kappa shape index (κ3) is 2.77. The molecule has 0 N–H and O–H groups in total. The lowest BCUT2D eigenvalue weighted by molar-refractivity contribution is -0.154. The Morgan fingerprint density at radius 3 is 2.29 bits per heavy atom. The van der Waals surface area contributed by atoms with Gasteiger partial charge in [0.25, 0.3) is 0 Å². The Kier molecular flexibility index (Phi) is 3.64. The van der Waals surface area contributed by atoms with Crippen molar-refractivity contribution < 1.29 is 4.84 Å². The summed E-state index contributed by atoms with van der Waals surface area (Å²) < 4.78 is 0. The second-order valence-electron chi connectivity index (χ2n) is 4.44. The molecule has 1 saturated heterocycles. The molecular weight excluding hydrogens is 210 g/mol. The first kappa shape index (κ1) is 11.9. The minimum atomic E-state index is 0.0165.